The van der Waals surface area contributed by atoms with Gasteiger partial charge in [-0.2, -0.15) is 0 Å². The van der Waals surface area contributed by atoms with Crippen molar-refractivity contribution in [1.29, 1.82) is 0 Å². The third-order valence-corrected chi connectivity index (χ3v) is 11.2. The van der Waals surface area contributed by atoms with E-state index in [-0.39, 0.29) is 0 Å². The average molecular weight is 704 g/mol. The number of unbranched alkanes of at least 4 members (excludes halogenated alkanes) is 2. The molecule has 0 heterocycles. The number of nitrogens with one attached hydrogen (secondary N) is 2. The Kier molecular flexibility index (Phi) is 13.9. The van der Waals surface area contributed by atoms with Gasteiger partial charge in [0.15, 0.2) is 11.4 Å². The number of rotatable bonds is 20. The molecule has 10 heteroatoms. The van der Waals surface area contributed by atoms with Crippen LogP contribution in [-0.2, 0) is 39.4 Å². The van der Waals surface area contributed by atoms with E-state index in [0.29, 0.717) is 36.1 Å². The van der Waals surface area contributed by atoms with Gasteiger partial charge in [-0.05, 0) is 101 Å². The van der Waals surface area contributed by atoms with Crippen LogP contribution in [0.4, 0.5) is 0 Å². The van der Waals surface area contributed by atoms with Crippen molar-refractivity contribution in [2.45, 2.75) is 99.3 Å². The molecule has 2 aliphatic rings. The number of ether oxygens (including phenoxy) is 4. The first kappa shape index (κ1) is 38.3. The standard InChI is InChI=1S/C38H52Cl2N2O6/c1-41-37(25-5-7-27-45-3,35(21-9-22-35)29-11-15-31(39)16-12-29)47-33(43)19-20-34(44)48-38(42-2,26-6-8-28-46-4)36(23-10-24-36)30-13-17-32(40)18-14-30/h11-20,41-42H,5-10,21-28H2,1-4H3/b20-19-. The summed E-state index contributed by atoms with van der Waals surface area (Å²) in [6, 6.07) is 15.6. The van der Waals surface area contributed by atoms with Gasteiger partial charge in [-0.25, -0.2) is 9.59 Å². The lowest BCUT2D eigenvalue weighted by Crippen LogP contribution is -2.65. The molecule has 0 aliphatic heterocycles. The fourth-order valence-corrected chi connectivity index (χ4v) is 8.10. The number of halogens is 2. The predicted octanol–water partition coefficient (Wildman–Crippen LogP) is 7.64. The van der Waals surface area contributed by atoms with Crippen LogP contribution in [0.15, 0.2) is 60.7 Å². The largest absolute Gasteiger partial charge is 0.440 e. The van der Waals surface area contributed by atoms with Crippen molar-refractivity contribution in [3.05, 3.63) is 81.9 Å². The van der Waals surface area contributed by atoms with Gasteiger partial charge in [0.2, 0.25) is 0 Å². The summed E-state index contributed by atoms with van der Waals surface area (Å²) in [5.74, 6) is -1.22. The van der Waals surface area contributed by atoms with Gasteiger partial charge in [-0.15, -0.1) is 0 Å². The minimum Gasteiger partial charge on any atom is -0.440 e. The van der Waals surface area contributed by atoms with Crippen LogP contribution >= 0.6 is 23.2 Å². The summed E-state index contributed by atoms with van der Waals surface area (Å²) in [5, 5.41) is 8.12. The zero-order valence-corrected chi connectivity index (χ0v) is 30.4. The Balaban J connectivity index is 1.58. The molecule has 4 rings (SSSR count). The Hall–Kier alpha value is -2.46. The summed E-state index contributed by atoms with van der Waals surface area (Å²) in [5.41, 5.74) is -0.756. The lowest BCUT2D eigenvalue weighted by molar-refractivity contribution is -0.181. The molecule has 8 nitrogen and oxygen atoms in total. The molecule has 0 aromatic heterocycles. The van der Waals surface area contributed by atoms with Crippen molar-refractivity contribution in [3.8, 4) is 0 Å². The van der Waals surface area contributed by atoms with E-state index < -0.39 is 34.2 Å². The van der Waals surface area contributed by atoms with Gasteiger partial charge < -0.3 is 18.9 Å². The van der Waals surface area contributed by atoms with Crippen LogP contribution in [0, 0.1) is 0 Å². The molecule has 2 saturated carbocycles. The first-order valence-electron chi connectivity index (χ1n) is 17.2. The third-order valence-electron chi connectivity index (χ3n) is 10.7. The molecule has 2 unspecified atom stereocenters. The maximum atomic E-state index is 13.6. The number of carbonyl (C=O) groups is 2. The molecule has 0 bridgehead atoms. The fraction of sp³-hybridized carbons (Fsp3) is 0.579. The van der Waals surface area contributed by atoms with Crippen LogP contribution in [0.25, 0.3) is 0 Å². The summed E-state index contributed by atoms with van der Waals surface area (Å²) < 4.78 is 23.3. The average Bonchev–Trinajstić information content (AvgIpc) is 3.04. The van der Waals surface area contributed by atoms with Gasteiger partial charge in [-0.3, -0.25) is 10.6 Å². The van der Waals surface area contributed by atoms with Crippen LogP contribution in [0.1, 0.15) is 88.2 Å². The van der Waals surface area contributed by atoms with Gasteiger partial charge >= 0.3 is 11.9 Å². The second-order valence-electron chi connectivity index (χ2n) is 13.1. The number of carbonyl (C=O) groups excluding carboxylic acids is 2. The Morgan fingerprint density at radius 3 is 1.29 bits per heavy atom. The highest BCUT2D eigenvalue weighted by molar-refractivity contribution is 6.30. The van der Waals surface area contributed by atoms with Gasteiger partial charge in [0, 0.05) is 73.3 Å². The Labute approximate surface area is 296 Å². The molecule has 48 heavy (non-hydrogen) atoms. The highest BCUT2D eigenvalue weighted by Crippen LogP contribution is 2.55. The molecule has 0 amide bonds. The van der Waals surface area contributed by atoms with E-state index in [0.717, 1.165) is 75.3 Å². The number of likely N-dealkylation sites (N-methyl/N-ethyl adjacent to an activating group) is 2. The molecule has 0 radical (unpaired) electrons. The molecule has 2 N–H and O–H groups in total. The van der Waals surface area contributed by atoms with Gasteiger partial charge in [0.1, 0.15) is 0 Å². The van der Waals surface area contributed by atoms with Crippen molar-refractivity contribution in [3.63, 3.8) is 0 Å². The summed E-state index contributed by atoms with van der Waals surface area (Å²) in [7, 11) is 7.02. The van der Waals surface area contributed by atoms with E-state index >= 15 is 0 Å². The van der Waals surface area contributed by atoms with Crippen molar-refractivity contribution >= 4 is 35.1 Å². The quantitative estimate of drug-likeness (QED) is 0.0629. The number of hydrogen-bond donors (Lipinski definition) is 2. The monoisotopic (exact) mass is 702 g/mol. The maximum absolute atomic E-state index is 13.6. The Bertz CT molecular complexity index is 1260. The van der Waals surface area contributed by atoms with Gasteiger partial charge in [0.05, 0.1) is 0 Å². The number of benzene rings is 2. The molecular formula is C38H52Cl2N2O6. The van der Waals surface area contributed by atoms with Gasteiger partial charge in [0.25, 0.3) is 0 Å². The van der Waals surface area contributed by atoms with Crippen molar-refractivity contribution in [2.75, 3.05) is 41.5 Å². The first-order chi connectivity index (χ1) is 23.1. The molecule has 2 aromatic rings. The lowest BCUT2D eigenvalue weighted by atomic mass is 9.57. The Morgan fingerprint density at radius 2 is 1.02 bits per heavy atom. The van der Waals surface area contributed by atoms with E-state index in [1.165, 1.54) is 12.2 Å². The summed E-state index contributed by atoms with van der Waals surface area (Å²) in [6.45, 7) is 1.23. The normalized spacial score (nSPS) is 19.0. The number of hydrogen-bond acceptors (Lipinski definition) is 8. The first-order valence-corrected chi connectivity index (χ1v) is 17.9. The van der Waals surface area contributed by atoms with E-state index in [4.69, 9.17) is 42.1 Å². The SMILES string of the molecule is CNC(CCCCOC)(OC(=O)/C=C\C(=O)OC(CCCCOC)(NC)C1(c2ccc(Cl)cc2)CCC1)C1(c2ccc(Cl)cc2)CCC1. The third kappa shape index (κ3) is 8.11. The lowest BCUT2D eigenvalue weighted by Gasteiger charge is -2.55. The zero-order chi connectivity index (χ0) is 34.7. The van der Waals surface area contributed by atoms with E-state index in [2.05, 4.69) is 10.6 Å². The second-order valence-corrected chi connectivity index (χ2v) is 14.0. The zero-order valence-electron chi connectivity index (χ0n) is 28.9. The van der Waals surface area contributed by atoms with Crippen LogP contribution in [0.2, 0.25) is 10.0 Å². The molecule has 264 valence electrons. The van der Waals surface area contributed by atoms with Crippen molar-refractivity contribution in [1.82, 2.24) is 10.6 Å². The Morgan fingerprint density at radius 1 is 0.667 bits per heavy atom. The second kappa shape index (κ2) is 17.5. The highest BCUT2D eigenvalue weighted by atomic mass is 35.5. The van der Waals surface area contributed by atoms with E-state index in [1.807, 2.05) is 62.6 Å². The number of methoxy groups -OCH3 is 2. The maximum Gasteiger partial charge on any atom is 0.332 e. The minimum atomic E-state index is -1.00. The molecular weight excluding hydrogens is 651 g/mol. The van der Waals surface area contributed by atoms with E-state index in [9.17, 15) is 9.59 Å². The molecule has 2 atom stereocenters. The predicted molar refractivity (Wildman–Crippen MR) is 190 cm³/mol. The number of esters is 2. The summed E-state index contributed by atoms with van der Waals surface area (Å²) in [4.78, 5) is 27.3. The van der Waals surface area contributed by atoms with E-state index in [1.54, 1.807) is 14.2 Å². The van der Waals surface area contributed by atoms with Crippen molar-refractivity contribution < 1.29 is 28.5 Å². The summed E-state index contributed by atoms with van der Waals surface area (Å²) in [6.07, 6.45) is 12.2. The minimum absolute atomic E-state index is 0.442. The van der Waals surface area contributed by atoms with Gasteiger partial charge in [-0.1, -0.05) is 60.3 Å². The van der Waals surface area contributed by atoms with Crippen LogP contribution in [-0.4, -0.2) is 64.9 Å². The van der Waals surface area contributed by atoms with Crippen LogP contribution in [0.5, 0.6) is 0 Å². The topological polar surface area (TPSA) is 95.1 Å². The smallest absolute Gasteiger partial charge is 0.332 e. The highest BCUT2D eigenvalue weighted by Gasteiger charge is 2.58. The van der Waals surface area contributed by atoms with Crippen LogP contribution < -0.4 is 10.6 Å². The molecule has 2 aromatic carbocycles. The molecule has 2 fully saturated rings. The fourth-order valence-electron chi connectivity index (χ4n) is 7.84. The summed E-state index contributed by atoms with van der Waals surface area (Å²) >= 11 is 12.5. The van der Waals surface area contributed by atoms with Crippen molar-refractivity contribution in [2.24, 2.45) is 0 Å². The molecule has 0 saturated heterocycles. The molecule has 0 spiro atoms. The molecule has 2 aliphatic carbocycles. The van der Waals surface area contributed by atoms with Crippen LogP contribution in [0.3, 0.4) is 0 Å².